The zero-order chi connectivity index (χ0) is 17.9. The second kappa shape index (κ2) is 7.16. The maximum absolute atomic E-state index is 11.5. The molecule has 1 unspecified atom stereocenters. The van der Waals surface area contributed by atoms with E-state index in [-0.39, 0.29) is 12.6 Å². The first-order valence-corrected chi connectivity index (χ1v) is 8.32. The number of carbonyl (C=O) groups excluding carboxylic acids is 1. The van der Waals surface area contributed by atoms with Gasteiger partial charge in [-0.1, -0.05) is 0 Å². The largest absolute Gasteiger partial charge is 0.396 e. The van der Waals surface area contributed by atoms with Crippen LogP contribution in [0.15, 0.2) is 30.5 Å². The second-order valence-corrected chi connectivity index (χ2v) is 6.12. The average Bonchev–Trinajstić information content (AvgIpc) is 2.93. The molecule has 1 aromatic heterocycles. The topological polar surface area (TPSA) is 96.4 Å². The first-order chi connectivity index (χ1) is 12.1. The number of hydrogen-bond acceptors (Lipinski definition) is 5. The Morgan fingerprint density at radius 1 is 1.36 bits per heavy atom. The molecule has 0 aliphatic carbocycles. The number of nitrogens with zero attached hydrogens (tertiary/aromatic N) is 2. The van der Waals surface area contributed by atoms with E-state index in [1.54, 1.807) is 6.20 Å². The summed E-state index contributed by atoms with van der Waals surface area (Å²) in [6.45, 7) is 4.87. The fourth-order valence-electron chi connectivity index (χ4n) is 2.86. The molecule has 132 valence electrons. The highest BCUT2D eigenvalue weighted by molar-refractivity contribution is 5.89. The number of anilines is 1. The number of fused-ring (bicyclic) bond motifs is 1. The monoisotopic (exact) mass is 342 g/mol. The summed E-state index contributed by atoms with van der Waals surface area (Å²) >= 11 is 0. The van der Waals surface area contributed by atoms with Gasteiger partial charge in [0, 0.05) is 42.6 Å². The van der Waals surface area contributed by atoms with Gasteiger partial charge < -0.3 is 20.5 Å². The quantitative estimate of drug-likeness (QED) is 0.775. The van der Waals surface area contributed by atoms with Crippen molar-refractivity contribution in [2.75, 3.05) is 18.5 Å². The summed E-state index contributed by atoms with van der Waals surface area (Å²) < 4.78 is 5.81. The number of amides is 2. The molecule has 1 aromatic carbocycles. The van der Waals surface area contributed by atoms with E-state index in [2.05, 4.69) is 20.6 Å². The number of aliphatic hydroxyl groups is 1. The van der Waals surface area contributed by atoms with Gasteiger partial charge >= 0.3 is 6.03 Å². The van der Waals surface area contributed by atoms with Crippen LogP contribution in [0.5, 0.6) is 0 Å². The molecule has 0 radical (unpaired) electrons. The standard InChI is InChI=1S/C18H22N4O3/c1-3-19-17(24)21-14-6-4-12(5-7-14)16-20-10-13-11-25-18(2,8-9-23)15(13)22-16/h4-7,10,23H,3,8-9,11H2,1-2H3,(H2,19,21,24). The van der Waals surface area contributed by atoms with Crippen LogP contribution in [0.4, 0.5) is 10.5 Å². The molecule has 2 amide bonds. The van der Waals surface area contributed by atoms with E-state index in [0.717, 1.165) is 16.8 Å². The van der Waals surface area contributed by atoms with Crippen molar-refractivity contribution >= 4 is 11.7 Å². The molecule has 0 saturated carbocycles. The van der Waals surface area contributed by atoms with Gasteiger partial charge in [-0.3, -0.25) is 0 Å². The number of carbonyl (C=O) groups is 1. The summed E-state index contributed by atoms with van der Waals surface area (Å²) in [5, 5.41) is 14.7. The lowest BCUT2D eigenvalue weighted by Crippen LogP contribution is -2.28. The lowest BCUT2D eigenvalue weighted by Gasteiger charge is -2.22. The number of nitrogens with one attached hydrogen (secondary N) is 2. The Balaban J connectivity index is 1.82. The smallest absolute Gasteiger partial charge is 0.319 e. The molecule has 7 nitrogen and oxygen atoms in total. The van der Waals surface area contributed by atoms with Crippen LogP contribution in [-0.4, -0.2) is 34.3 Å². The lowest BCUT2D eigenvalue weighted by molar-refractivity contribution is -0.0410. The van der Waals surface area contributed by atoms with Gasteiger partial charge in [-0.05, 0) is 38.1 Å². The van der Waals surface area contributed by atoms with Crippen molar-refractivity contribution in [1.29, 1.82) is 0 Å². The summed E-state index contributed by atoms with van der Waals surface area (Å²) in [5.74, 6) is 0.595. The summed E-state index contributed by atoms with van der Waals surface area (Å²) in [5.41, 5.74) is 2.75. The molecule has 2 aromatic rings. The van der Waals surface area contributed by atoms with Crippen molar-refractivity contribution in [3.63, 3.8) is 0 Å². The molecule has 25 heavy (non-hydrogen) atoms. The maximum atomic E-state index is 11.5. The van der Waals surface area contributed by atoms with Crippen molar-refractivity contribution in [3.8, 4) is 11.4 Å². The zero-order valence-electron chi connectivity index (χ0n) is 14.4. The molecule has 0 spiro atoms. The maximum Gasteiger partial charge on any atom is 0.319 e. The summed E-state index contributed by atoms with van der Waals surface area (Å²) in [6, 6.07) is 7.11. The van der Waals surface area contributed by atoms with Gasteiger partial charge in [-0.15, -0.1) is 0 Å². The average molecular weight is 342 g/mol. The summed E-state index contributed by atoms with van der Waals surface area (Å²) in [6.07, 6.45) is 2.27. The molecular weight excluding hydrogens is 320 g/mol. The third-order valence-electron chi connectivity index (χ3n) is 4.24. The lowest BCUT2D eigenvalue weighted by atomic mass is 9.97. The van der Waals surface area contributed by atoms with Crippen LogP contribution >= 0.6 is 0 Å². The van der Waals surface area contributed by atoms with Gasteiger partial charge in [-0.2, -0.15) is 0 Å². The minimum Gasteiger partial charge on any atom is -0.396 e. The Labute approximate surface area is 146 Å². The highest BCUT2D eigenvalue weighted by atomic mass is 16.5. The van der Waals surface area contributed by atoms with E-state index in [9.17, 15) is 9.90 Å². The van der Waals surface area contributed by atoms with Crippen LogP contribution < -0.4 is 10.6 Å². The van der Waals surface area contributed by atoms with Crippen molar-refractivity contribution < 1.29 is 14.6 Å². The minimum absolute atomic E-state index is 0.0372. The second-order valence-electron chi connectivity index (χ2n) is 6.12. The van der Waals surface area contributed by atoms with Crippen LogP contribution in [-0.2, 0) is 16.9 Å². The third kappa shape index (κ3) is 3.62. The highest BCUT2D eigenvalue weighted by Gasteiger charge is 2.37. The van der Waals surface area contributed by atoms with Gasteiger partial charge in [0.05, 0.1) is 12.3 Å². The number of rotatable bonds is 5. The van der Waals surface area contributed by atoms with Crippen LogP contribution in [0.1, 0.15) is 31.5 Å². The Hall–Kier alpha value is -2.51. The van der Waals surface area contributed by atoms with Crippen LogP contribution in [0.2, 0.25) is 0 Å². The van der Waals surface area contributed by atoms with E-state index < -0.39 is 5.60 Å². The molecule has 2 heterocycles. The number of benzene rings is 1. The van der Waals surface area contributed by atoms with Crippen molar-refractivity contribution in [3.05, 3.63) is 41.7 Å². The Morgan fingerprint density at radius 2 is 2.12 bits per heavy atom. The molecule has 1 aliphatic rings. The molecule has 3 rings (SSSR count). The Bertz CT molecular complexity index is 759. The highest BCUT2D eigenvalue weighted by Crippen LogP contribution is 2.37. The van der Waals surface area contributed by atoms with Crippen LogP contribution in [0.25, 0.3) is 11.4 Å². The molecule has 0 saturated heterocycles. The summed E-state index contributed by atoms with van der Waals surface area (Å²) in [4.78, 5) is 20.6. The number of urea groups is 1. The molecule has 0 fully saturated rings. The predicted molar refractivity (Wildman–Crippen MR) is 94.0 cm³/mol. The number of aromatic nitrogens is 2. The first kappa shape index (κ1) is 17.3. The molecule has 1 atom stereocenters. The van der Waals surface area contributed by atoms with Gasteiger partial charge in [0.15, 0.2) is 5.82 Å². The van der Waals surface area contributed by atoms with Gasteiger partial charge in [0.2, 0.25) is 0 Å². The predicted octanol–water partition coefficient (Wildman–Crippen LogP) is 2.41. The summed E-state index contributed by atoms with van der Waals surface area (Å²) in [7, 11) is 0. The SMILES string of the molecule is CCNC(=O)Nc1ccc(-c2ncc3c(n2)C(C)(CCO)OC3)cc1. The Morgan fingerprint density at radius 3 is 2.80 bits per heavy atom. The fourth-order valence-corrected chi connectivity index (χ4v) is 2.86. The minimum atomic E-state index is -0.582. The van der Waals surface area contributed by atoms with E-state index in [4.69, 9.17) is 4.74 Å². The number of ether oxygens (including phenoxy) is 1. The normalized spacial score (nSPS) is 18.7. The molecule has 0 bridgehead atoms. The molecule has 7 heteroatoms. The van der Waals surface area contributed by atoms with Gasteiger partial charge in [0.1, 0.15) is 5.60 Å². The van der Waals surface area contributed by atoms with Gasteiger partial charge in [-0.25, -0.2) is 14.8 Å². The van der Waals surface area contributed by atoms with Crippen LogP contribution in [0.3, 0.4) is 0 Å². The molecule has 3 N–H and O–H groups in total. The van der Waals surface area contributed by atoms with E-state index >= 15 is 0 Å². The number of aliphatic hydroxyl groups excluding tert-OH is 1. The van der Waals surface area contributed by atoms with E-state index in [1.165, 1.54) is 0 Å². The van der Waals surface area contributed by atoms with Crippen molar-refractivity contribution in [1.82, 2.24) is 15.3 Å². The van der Waals surface area contributed by atoms with Gasteiger partial charge in [0.25, 0.3) is 0 Å². The third-order valence-corrected chi connectivity index (χ3v) is 4.24. The fraction of sp³-hybridized carbons (Fsp3) is 0.389. The zero-order valence-corrected chi connectivity index (χ0v) is 14.4. The van der Waals surface area contributed by atoms with E-state index in [1.807, 2.05) is 38.1 Å². The molecule has 1 aliphatic heterocycles. The van der Waals surface area contributed by atoms with Crippen molar-refractivity contribution in [2.24, 2.45) is 0 Å². The van der Waals surface area contributed by atoms with Crippen molar-refractivity contribution in [2.45, 2.75) is 32.5 Å². The number of hydrogen-bond donors (Lipinski definition) is 3. The van der Waals surface area contributed by atoms with E-state index in [0.29, 0.717) is 31.1 Å². The first-order valence-electron chi connectivity index (χ1n) is 8.32. The van der Waals surface area contributed by atoms with Crippen LogP contribution in [0, 0.1) is 0 Å². The Kier molecular flexibility index (Phi) is 4.96. The molecular formula is C18H22N4O3.